The van der Waals surface area contributed by atoms with Crippen molar-refractivity contribution in [3.05, 3.63) is 17.5 Å². The zero-order chi connectivity index (χ0) is 17.0. The summed E-state index contributed by atoms with van der Waals surface area (Å²) in [7, 11) is 4.05. The van der Waals surface area contributed by atoms with E-state index in [0.29, 0.717) is 12.5 Å². The van der Waals surface area contributed by atoms with Crippen molar-refractivity contribution >= 4 is 6.03 Å². The van der Waals surface area contributed by atoms with Crippen LogP contribution < -0.4 is 5.32 Å². The van der Waals surface area contributed by atoms with Crippen LogP contribution in [0.1, 0.15) is 31.2 Å². The van der Waals surface area contributed by atoms with Gasteiger partial charge in [0.1, 0.15) is 0 Å². The lowest BCUT2D eigenvalue weighted by molar-refractivity contribution is 0.168. The summed E-state index contributed by atoms with van der Waals surface area (Å²) in [6.07, 6.45) is 2.35. The van der Waals surface area contributed by atoms with Gasteiger partial charge in [0.2, 0.25) is 0 Å². The topological polar surface area (TPSA) is 53.4 Å². The summed E-state index contributed by atoms with van der Waals surface area (Å²) in [6, 6.07) is 2.12. The molecule has 2 heterocycles. The number of urea groups is 1. The van der Waals surface area contributed by atoms with E-state index < -0.39 is 0 Å². The second-order valence-corrected chi connectivity index (χ2v) is 7.09. The number of nitrogens with zero attached hydrogens (tertiary/aromatic N) is 4. The van der Waals surface area contributed by atoms with Crippen LogP contribution in [0.25, 0.3) is 0 Å². The maximum absolute atomic E-state index is 12.3. The fourth-order valence-corrected chi connectivity index (χ4v) is 3.20. The Balaban J connectivity index is 1.77. The molecule has 0 aliphatic carbocycles. The number of hydrogen-bond acceptors (Lipinski definition) is 3. The average Bonchev–Trinajstić information content (AvgIpc) is 2.79. The van der Waals surface area contributed by atoms with Gasteiger partial charge in [0.25, 0.3) is 0 Å². The minimum atomic E-state index is 0.0120. The molecule has 2 rings (SSSR count). The highest BCUT2D eigenvalue weighted by Gasteiger charge is 2.21. The molecule has 0 aromatic carbocycles. The van der Waals surface area contributed by atoms with Gasteiger partial charge in [-0.3, -0.25) is 4.68 Å². The van der Waals surface area contributed by atoms with Crippen LogP contribution in [0.2, 0.25) is 0 Å². The number of carbonyl (C=O) groups is 1. The third-order valence-corrected chi connectivity index (χ3v) is 4.64. The van der Waals surface area contributed by atoms with Crippen molar-refractivity contribution in [2.75, 3.05) is 33.7 Å². The average molecular weight is 321 g/mol. The van der Waals surface area contributed by atoms with E-state index in [1.165, 1.54) is 12.8 Å². The Morgan fingerprint density at radius 3 is 2.65 bits per heavy atom. The van der Waals surface area contributed by atoms with Crippen LogP contribution in [0.5, 0.6) is 0 Å². The normalized spacial score (nSPS) is 18.0. The summed E-state index contributed by atoms with van der Waals surface area (Å²) < 4.78 is 1.96. The molecule has 2 amide bonds. The molecule has 1 atom stereocenters. The van der Waals surface area contributed by atoms with Gasteiger partial charge in [-0.2, -0.15) is 5.10 Å². The van der Waals surface area contributed by atoms with E-state index >= 15 is 0 Å². The molecular weight excluding hydrogens is 290 g/mol. The lowest BCUT2D eigenvalue weighted by atomic mass is 9.97. The number of hydrogen-bond donors (Lipinski definition) is 1. The quantitative estimate of drug-likeness (QED) is 0.901. The zero-order valence-electron chi connectivity index (χ0n) is 15.2. The molecular formula is C17H31N5O. The van der Waals surface area contributed by atoms with Gasteiger partial charge >= 0.3 is 6.03 Å². The van der Waals surface area contributed by atoms with E-state index in [1.807, 2.05) is 37.4 Å². The first kappa shape index (κ1) is 17.8. The fourth-order valence-electron chi connectivity index (χ4n) is 3.20. The molecule has 1 N–H and O–H groups in total. The minimum absolute atomic E-state index is 0.0120. The molecule has 130 valence electrons. The molecule has 1 aromatic rings. The Morgan fingerprint density at radius 1 is 1.43 bits per heavy atom. The van der Waals surface area contributed by atoms with Gasteiger partial charge < -0.3 is 15.1 Å². The Hall–Kier alpha value is -1.56. The summed E-state index contributed by atoms with van der Waals surface area (Å²) in [5, 5.41) is 7.53. The number of aromatic nitrogens is 2. The van der Waals surface area contributed by atoms with Crippen LogP contribution in [0.4, 0.5) is 4.79 Å². The molecule has 0 radical (unpaired) electrons. The van der Waals surface area contributed by atoms with Crippen molar-refractivity contribution in [2.24, 2.45) is 5.92 Å². The van der Waals surface area contributed by atoms with E-state index in [0.717, 1.165) is 31.0 Å². The molecule has 1 fully saturated rings. The molecule has 0 spiro atoms. The first-order valence-corrected chi connectivity index (χ1v) is 8.56. The van der Waals surface area contributed by atoms with Crippen molar-refractivity contribution in [3.8, 4) is 0 Å². The smallest absolute Gasteiger partial charge is 0.317 e. The molecule has 23 heavy (non-hydrogen) atoms. The molecule has 0 bridgehead atoms. The lowest BCUT2D eigenvalue weighted by Crippen LogP contribution is -2.46. The number of likely N-dealkylation sites (tertiary alicyclic amines) is 1. The number of rotatable bonds is 5. The Bertz CT molecular complexity index is 519. The van der Waals surface area contributed by atoms with Crippen LogP contribution in [-0.4, -0.2) is 65.4 Å². The summed E-state index contributed by atoms with van der Waals surface area (Å²) in [5.74, 6) is 0.619. The van der Waals surface area contributed by atoms with Gasteiger partial charge in [-0.15, -0.1) is 0 Å². The van der Waals surface area contributed by atoms with E-state index in [2.05, 4.69) is 28.4 Å². The van der Waals surface area contributed by atoms with Crippen molar-refractivity contribution < 1.29 is 4.79 Å². The molecule has 1 saturated heterocycles. The lowest BCUT2D eigenvalue weighted by Gasteiger charge is -2.32. The second kappa shape index (κ2) is 7.81. The number of aryl methyl sites for hydroxylation is 2. The van der Waals surface area contributed by atoms with Gasteiger partial charge in [-0.1, -0.05) is 0 Å². The Morgan fingerprint density at radius 2 is 2.09 bits per heavy atom. The highest BCUT2D eigenvalue weighted by Crippen LogP contribution is 2.16. The van der Waals surface area contributed by atoms with E-state index in [4.69, 9.17) is 0 Å². The van der Waals surface area contributed by atoms with Crippen molar-refractivity contribution in [1.82, 2.24) is 24.9 Å². The zero-order valence-corrected chi connectivity index (χ0v) is 15.2. The van der Waals surface area contributed by atoms with Gasteiger partial charge in [0.05, 0.1) is 12.2 Å². The maximum atomic E-state index is 12.3. The third kappa shape index (κ3) is 5.23. The predicted octanol–water partition coefficient (Wildman–Crippen LogP) is 1.87. The molecule has 6 nitrogen and oxygen atoms in total. The fraction of sp³-hybridized carbons (Fsp3) is 0.765. The van der Waals surface area contributed by atoms with Crippen LogP contribution in [0.3, 0.4) is 0 Å². The number of nitrogens with one attached hydrogen (secondary N) is 1. The second-order valence-electron chi connectivity index (χ2n) is 7.09. The molecule has 0 saturated carbocycles. The van der Waals surface area contributed by atoms with Crippen LogP contribution in [0.15, 0.2) is 6.07 Å². The maximum Gasteiger partial charge on any atom is 0.317 e. The summed E-state index contributed by atoms with van der Waals surface area (Å²) >= 11 is 0. The molecule has 1 aliphatic heterocycles. The predicted molar refractivity (Wildman–Crippen MR) is 92.5 cm³/mol. The first-order chi connectivity index (χ1) is 10.8. The van der Waals surface area contributed by atoms with Crippen molar-refractivity contribution in [2.45, 2.75) is 46.2 Å². The van der Waals surface area contributed by atoms with E-state index in [-0.39, 0.29) is 12.1 Å². The van der Waals surface area contributed by atoms with Crippen molar-refractivity contribution in [3.63, 3.8) is 0 Å². The molecule has 6 heteroatoms. The summed E-state index contributed by atoms with van der Waals surface area (Å²) in [6.45, 7) is 9.86. The number of piperidine rings is 1. The van der Waals surface area contributed by atoms with Gasteiger partial charge in [-0.25, -0.2) is 4.79 Å². The van der Waals surface area contributed by atoms with E-state index in [1.54, 1.807) is 0 Å². The Kier molecular flexibility index (Phi) is 6.04. The highest BCUT2D eigenvalue weighted by molar-refractivity contribution is 5.74. The first-order valence-electron chi connectivity index (χ1n) is 8.56. The third-order valence-electron chi connectivity index (χ3n) is 4.64. The standard InChI is InChI=1S/C17H31N5O/c1-13-10-15(3)22(19-13)11-14(2)18-17(23)21(5)12-16-6-8-20(4)9-7-16/h10,14,16H,6-9,11-12H2,1-5H3,(H,18,23). The SMILES string of the molecule is Cc1cc(C)n(CC(C)NC(=O)N(C)CC2CCN(C)CC2)n1. The van der Waals surface area contributed by atoms with Crippen LogP contribution in [0, 0.1) is 19.8 Å². The summed E-state index contributed by atoms with van der Waals surface area (Å²) in [5.41, 5.74) is 2.14. The molecule has 1 aromatic heterocycles. The van der Waals surface area contributed by atoms with Gasteiger partial charge in [0, 0.05) is 25.3 Å². The monoisotopic (exact) mass is 321 g/mol. The number of amides is 2. The van der Waals surface area contributed by atoms with Crippen LogP contribution in [-0.2, 0) is 6.54 Å². The molecule has 1 unspecified atom stereocenters. The largest absolute Gasteiger partial charge is 0.334 e. The van der Waals surface area contributed by atoms with Crippen LogP contribution >= 0.6 is 0 Å². The highest BCUT2D eigenvalue weighted by atomic mass is 16.2. The summed E-state index contributed by atoms with van der Waals surface area (Å²) in [4.78, 5) is 16.5. The van der Waals surface area contributed by atoms with Gasteiger partial charge in [-0.05, 0) is 65.7 Å². The molecule has 1 aliphatic rings. The Labute approximate surface area is 139 Å². The van der Waals surface area contributed by atoms with E-state index in [9.17, 15) is 4.79 Å². The minimum Gasteiger partial charge on any atom is -0.334 e. The number of carbonyl (C=O) groups excluding carboxylic acids is 1. The van der Waals surface area contributed by atoms with Crippen molar-refractivity contribution in [1.29, 1.82) is 0 Å². The van der Waals surface area contributed by atoms with Gasteiger partial charge in [0.15, 0.2) is 0 Å².